The molecule has 1 aromatic carbocycles. The Morgan fingerprint density at radius 2 is 1.65 bits per heavy atom. The molecule has 8 heteroatoms. The molecule has 1 rings (SSSR count). The predicted octanol–water partition coefficient (Wildman–Crippen LogP) is 1.44. The Morgan fingerprint density at radius 1 is 1.09 bits per heavy atom. The number of amides is 1. The highest BCUT2D eigenvalue weighted by molar-refractivity contribution is 5.97. The summed E-state index contributed by atoms with van der Waals surface area (Å²) in [6.07, 6.45) is -0.145. The summed E-state index contributed by atoms with van der Waals surface area (Å²) in [5.41, 5.74) is -0.290. The number of hydrogen-bond acceptors (Lipinski definition) is 5. The predicted molar refractivity (Wildman–Crippen MR) is 75.4 cm³/mol. The number of carbonyl (C=O) groups excluding carboxylic acids is 3. The second-order valence-electron chi connectivity index (χ2n) is 4.89. The number of rotatable bonds is 6. The number of carbonyl (C=O) groups is 3. The van der Waals surface area contributed by atoms with E-state index in [2.05, 4.69) is 14.8 Å². The van der Waals surface area contributed by atoms with Gasteiger partial charge >= 0.3 is 11.9 Å². The molecule has 0 saturated heterocycles. The van der Waals surface area contributed by atoms with E-state index in [4.69, 9.17) is 0 Å². The molecule has 0 aromatic heterocycles. The van der Waals surface area contributed by atoms with Gasteiger partial charge in [-0.1, -0.05) is 6.92 Å². The Balaban J connectivity index is 2.94. The molecule has 0 unspecified atom stereocenters. The van der Waals surface area contributed by atoms with E-state index >= 15 is 0 Å². The van der Waals surface area contributed by atoms with Gasteiger partial charge in [0.1, 0.15) is 17.7 Å². The first-order valence-electron chi connectivity index (χ1n) is 6.70. The number of ether oxygens (including phenoxy) is 2. The average molecular weight is 329 g/mol. The minimum Gasteiger partial charge on any atom is -0.469 e. The summed E-state index contributed by atoms with van der Waals surface area (Å²) in [6, 6.07) is 1.11. The van der Waals surface area contributed by atoms with Crippen LogP contribution in [-0.2, 0) is 19.1 Å². The van der Waals surface area contributed by atoms with Crippen molar-refractivity contribution >= 4 is 17.8 Å². The molecule has 1 aromatic rings. The lowest BCUT2D eigenvalue weighted by Crippen LogP contribution is -2.46. The number of methoxy groups -OCH3 is 2. The monoisotopic (exact) mass is 329 g/mol. The van der Waals surface area contributed by atoms with E-state index in [1.54, 1.807) is 0 Å². The Hall–Kier alpha value is -2.51. The fourth-order valence-electron chi connectivity index (χ4n) is 1.93. The lowest BCUT2D eigenvalue weighted by atomic mass is 9.97. The number of hydrogen-bond donors (Lipinski definition) is 1. The molecule has 23 heavy (non-hydrogen) atoms. The third-order valence-electron chi connectivity index (χ3n) is 3.15. The molecule has 2 atom stereocenters. The summed E-state index contributed by atoms with van der Waals surface area (Å²) >= 11 is 0. The van der Waals surface area contributed by atoms with Gasteiger partial charge in [0, 0.05) is 11.6 Å². The molecule has 0 spiro atoms. The van der Waals surface area contributed by atoms with Crippen molar-refractivity contribution in [2.24, 2.45) is 5.92 Å². The fraction of sp³-hybridized carbons (Fsp3) is 0.400. The van der Waals surface area contributed by atoms with Crippen molar-refractivity contribution in [3.05, 3.63) is 35.4 Å². The molecule has 6 nitrogen and oxygen atoms in total. The van der Waals surface area contributed by atoms with Crippen LogP contribution in [-0.4, -0.2) is 38.1 Å². The summed E-state index contributed by atoms with van der Waals surface area (Å²) in [5.74, 6) is -4.71. The van der Waals surface area contributed by atoms with E-state index in [1.807, 2.05) is 0 Å². The highest BCUT2D eigenvalue weighted by Gasteiger charge is 2.30. The zero-order valence-corrected chi connectivity index (χ0v) is 12.9. The molecule has 1 amide bonds. The maximum absolute atomic E-state index is 13.2. The van der Waals surface area contributed by atoms with Crippen molar-refractivity contribution in [1.29, 1.82) is 0 Å². The second-order valence-corrected chi connectivity index (χ2v) is 4.89. The Kier molecular flexibility index (Phi) is 6.62. The van der Waals surface area contributed by atoms with Crippen LogP contribution in [0.3, 0.4) is 0 Å². The molecule has 0 aliphatic rings. The number of nitrogens with one attached hydrogen (secondary N) is 1. The van der Waals surface area contributed by atoms with Gasteiger partial charge in [-0.3, -0.25) is 9.59 Å². The van der Waals surface area contributed by atoms with Gasteiger partial charge in [0.25, 0.3) is 5.91 Å². The molecule has 0 heterocycles. The quantitative estimate of drug-likeness (QED) is 0.799. The molecule has 0 fully saturated rings. The zero-order chi connectivity index (χ0) is 17.6. The Morgan fingerprint density at radius 3 is 2.13 bits per heavy atom. The van der Waals surface area contributed by atoms with Crippen molar-refractivity contribution in [1.82, 2.24) is 5.32 Å². The molecule has 0 bridgehead atoms. The van der Waals surface area contributed by atoms with Crippen LogP contribution in [0.25, 0.3) is 0 Å². The summed E-state index contributed by atoms with van der Waals surface area (Å²) in [4.78, 5) is 35.2. The molecule has 0 saturated carbocycles. The maximum atomic E-state index is 13.2. The minimum absolute atomic E-state index is 0.145. The molecular weight excluding hydrogens is 312 g/mol. The van der Waals surface area contributed by atoms with Crippen LogP contribution in [0.5, 0.6) is 0 Å². The summed E-state index contributed by atoms with van der Waals surface area (Å²) < 4.78 is 35.4. The lowest BCUT2D eigenvalue weighted by molar-refractivity contribution is -0.146. The zero-order valence-electron chi connectivity index (χ0n) is 12.9. The third kappa shape index (κ3) is 5.32. The smallest absolute Gasteiger partial charge is 0.328 e. The van der Waals surface area contributed by atoms with E-state index < -0.39 is 41.4 Å². The van der Waals surface area contributed by atoms with E-state index in [-0.39, 0.29) is 12.0 Å². The molecule has 0 aliphatic carbocycles. The van der Waals surface area contributed by atoms with Crippen LogP contribution >= 0.6 is 0 Å². The van der Waals surface area contributed by atoms with E-state index in [9.17, 15) is 23.2 Å². The number of halogens is 2. The van der Waals surface area contributed by atoms with Gasteiger partial charge in [0.2, 0.25) is 0 Å². The maximum Gasteiger partial charge on any atom is 0.328 e. The van der Waals surface area contributed by atoms with Gasteiger partial charge in [-0.2, -0.15) is 0 Å². The molecule has 126 valence electrons. The SMILES string of the molecule is COC(=O)C[C@H](C)[C@H](NC(=O)c1cc(F)cc(F)c1)C(=O)OC. The highest BCUT2D eigenvalue weighted by atomic mass is 19.1. The van der Waals surface area contributed by atoms with Crippen molar-refractivity contribution in [3.8, 4) is 0 Å². The van der Waals surface area contributed by atoms with Crippen molar-refractivity contribution in [2.45, 2.75) is 19.4 Å². The van der Waals surface area contributed by atoms with Crippen molar-refractivity contribution < 1.29 is 32.6 Å². The number of esters is 2. The van der Waals surface area contributed by atoms with Crippen LogP contribution in [0.15, 0.2) is 18.2 Å². The van der Waals surface area contributed by atoms with Crippen LogP contribution in [0.2, 0.25) is 0 Å². The molecule has 0 aliphatic heterocycles. The van der Waals surface area contributed by atoms with E-state index in [0.29, 0.717) is 6.07 Å². The van der Waals surface area contributed by atoms with Crippen molar-refractivity contribution in [3.63, 3.8) is 0 Å². The van der Waals surface area contributed by atoms with Crippen LogP contribution in [0.4, 0.5) is 8.78 Å². The topological polar surface area (TPSA) is 81.7 Å². The fourth-order valence-corrected chi connectivity index (χ4v) is 1.93. The minimum atomic E-state index is -1.17. The first-order chi connectivity index (χ1) is 10.8. The van der Waals surface area contributed by atoms with E-state index in [1.165, 1.54) is 14.0 Å². The summed E-state index contributed by atoms with van der Waals surface area (Å²) in [6.45, 7) is 1.53. The van der Waals surface area contributed by atoms with Gasteiger partial charge in [0.05, 0.1) is 20.6 Å². The second kappa shape index (κ2) is 8.21. The first kappa shape index (κ1) is 18.5. The standard InChI is InChI=1S/C15H17F2NO5/c1-8(4-12(19)22-2)13(15(21)23-3)18-14(20)9-5-10(16)7-11(17)6-9/h5-8,13H,4H2,1-3H3,(H,18,20)/t8-,13-/m0/s1. The Labute approximate surface area is 131 Å². The normalized spacial score (nSPS) is 12.9. The highest BCUT2D eigenvalue weighted by Crippen LogP contribution is 2.13. The van der Waals surface area contributed by atoms with Crippen LogP contribution in [0, 0.1) is 17.6 Å². The average Bonchev–Trinajstić information content (AvgIpc) is 2.50. The Bertz CT molecular complexity index is 585. The lowest BCUT2D eigenvalue weighted by Gasteiger charge is -2.22. The van der Waals surface area contributed by atoms with Crippen molar-refractivity contribution in [2.75, 3.05) is 14.2 Å². The largest absolute Gasteiger partial charge is 0.469 e. The van der Waals surface area contributed by atoms with Gasteiger partial charge in [-0.15, -0.1) is 0 Å². The molecule has 0 radical (unpaired) electrons. The molecule has 1 N–H and O–H groups in total. The van der Waals surface area contributed by atoms with E-state index in [0.717, 1.165) is 19.2 Å². The summed E-state index contributed by atoms with van der Waals surface area (Å²) in [7, 11) is 2.31. The third-order valence-corrected chi connectivity index (χ3v) is 3.15. The van der Waals surface area contributed by atoms with Gasteiger partial charge in [-0.05, 0) is 18.1 Å². The van der Waals surface area contributed by atoms with Crippen LogP contribution < -0.4 is 5.32 Å². The molecular formula is C15H17F2NO5. The van der Waals surface area contributed by atoms with Gasteiger partial charge < -0.3 is 14.8 Å². The number of benzene rings is 1. The van der Waals surface area contributed by atoms with Gasteiger partial charge in [-0.25, -0.2) is 13.6 Å². The van der Waals surface area contributed by atoms with Gasteiger partial charge in [0.15, 0.2) is 0 Å². The van der Waals surface area contributed by atoms with Crippen LogP contribution in [0.1, 0.15) is 23.7 Å². The summed E-state index contributed by atoms with van der Waals surface area (Å²) in [5, 5.41) is 2.31. The first-order valence-corrected chi connectivity index (χ1v) is 6.70.